The van der Waals surface area contributed by atoms with E-state index in [4.69, 9.17) is 9.47 Å². The van der Waals surface area contributed by atoms with E-state index in [-0.39, 0.29) is 6.29 Å². The number of nitrogens with zero attached hydrogens (tertiary/aromatic N) is 1. The van der Waals surface area contributed by atoms with Crippen LogP contribution in [0.5, 0.6) is 0 Å². The van der Waals surface area contributed by atoms with Crippen LogP contribution in [0, 0.1) is 0 Å². The van der Waals surface area contributed by atoms with E-state index in [9.17, 15) is 0 Å². The van der Waals surface area contributed by atoms with Crippen LogP contribution in [0.25, 0.3) is 0 Å². The number of methoxy groups -OCH3 is 2. The quantitative estimate of drug-likeness (QED) is 0.524. The zero-order valence-corrected chi connectivity index (χ0v) is 10.7. The first-order chi connectivity index (χ1) is 7.86. The van der Waals surface area contributed by atoms with Crippen LogP contribution in [0.15, 0.2) is 0 Å². The highest BCUT2D eigenvalue weighted by molar-refractivity contribution is 4.64. The summed E-state index contributed by atoms with van der Waals surface area (Å²) < 4.78 is 10.2. The molecule has 1 aliphatic rings. The topological polar surface area (TPSA) is 33.7 Å². The Morgan fingerprint density at radius 3 is 2.25 bits per heavy atom. The molecular weight excluding hydrogens is 204 g/mol. The predicted octanol–water partition coefficient (Wildman–Crippen LogP) is 1.07. The second-order valence-electron chi connectivity index (χ2n) is 4.36. The summed E-state index contributed by atoms with van der Waals surface area (Å²) in [5, 5.41) is 3.36. The van der Waals surface area contributed by atoms with Gasteiger partial charge in [0.2, 0.25) is 0 Å². The maximum absolute atomic E-state index is 5.11. The van der Waals surface area contributed by atoms with E-state index < -0.39 is 0 Å². The summed E-state index contributed by atoms with van der Waals surface area (Å²) in [6.45, 7) is 5.45. The molecule has 0 spiro atoms. The highest BCUT2D eigenvalue weighted by atomic mass is 16.7. The van der Waals surface area contributed by atoms with Crippen LogP contribution >= 0.6 is 0 Å². The maximum Gasteiger partial charge on any atom is 0.169 e. The van der Waals surface area contributed by atoms with Crippen molar-refractivity contribution in [1.82, 2.24) is 10.2 Å². The van der Waals surface area contributed by atoms with E-state index in [1.807, 2.05) is 0 Å². The summed E-state index contributed by atoms with van der Waals surface area (Å²) in [7, 11) is 3.34. The van der Waals surface area contributed by atoms with Crippen molar-refractivity contribution in [2.75, 3.05) is 46.9 Å². The molecular formula is C12H26N2O2. The standard InChI is InChI=1S/C12H26N2O2/c1-15-12(16-2)11-13-7-10-14-8-5-3-4-6-9-14/h12-13H,3-11H2,1-2H3. The number of rotatable bonds is 7. The van der Waals surface area contributed by atoms with Gasteiger partial charge < -0.3 is 19.7 Å². The van der Waals surface area contributed by atoms with Gasteiger partial charge in [-0.15, -0.1) is 0 Å². The SMILES string of the molecule is COC(CNCCN1CCCCCC1)OC. The largest absolute Gasteiger partial charge is 0.355 e. The van der Waals surface area contributed by atoms with Gasteiger partial charge in [-0.25, -0.2) is 0 Å². The third-order valence-electron chi connectivity index (χ3n) is 3.14. The van der Waals surface area contributed by atoms with Gasteiger partial charge in [0.25, 0.3) is 0 Å². The molecule has 0 unspecified atom stereocenters. The fraction of sp³-hybridized carbons (Fsp3) is 1.00. The third kappa shape index (κ3) is 5.80. The van der Waals surface area contributed by atoms with E-state index in [1.54, 1.807) is 14.2 Å². The molecule has 1 N–H and O–H groups in total. The third-order valence-corrected chi connectivity index (χ3v) is 3.14. The summed E-state index contributed by atoms with van der Waals surface area (Å²) >= 11 is 0. The van der Waals surface area contributed by atoms with Crippen molar-refractivity contribution in [3.05, 3.63) is 0 Å². The first-order valence-electron chi connectivity index (χ1n) is 6.35. The van der Waals surface area contributed by atoms with Gasteiger partial charge in [-0.05, 0) is 25.9 Å². The lowest BCUT2D eigenvalue weighted by Gasteiger charge is -2.20. The minimum absolute atomic E-state index is 0.121. The molecule has 0 aromatic rings. The van der Waals surface area contributed by atoms with Crippen molar-refractivity contribution >= 4 is 0 Å². The molecule has 1 fully saturated rings. The molecule has 0 aromatic heterocycles. The maximum atomic E-state index is 5.11. The molecule has 16 heavy (non-hydrogen) atoms. The zero-order valence-electron chi connectivity index (χ0n) is 10.7. The molecule has 96 valence electrons. The average Bonchev–Trinajstić information content (AvgIpc) is 2.58. The minimum Gasteiger partial charge on any atom is -0.355 e. The second-order valence-corrected chi connectivity index (χ2v) is 4.36. The Balaban J connectivity index is 2.00. The Kier molecular flexibility index (Phi) is 7.76. The number of hydrogen-bond acceptors (Lipinski definition) is 4. The van der Waals surface area contributed by atoms with E-state index in [1.165, 1.54) is 38.8 Å². The molecule has 0 amide bonds. The van der Waals surface area contributed by atoms with Crippen molar-refractivity contribution in [3.8, 4) is 0 Å². The lowest BCUT2D eigenvalue weighted by atomic mass is 10.2. The molecule has 1 heterocycles. The normalized spacial score (nSPS) is 18.9. The van der Waals surface area contributed by atoms with Crippen LogP contribution in [0.1, 0.15) is 25.7 Å². The molecule has 0 radical (unpaired) electrons. The Labute approximate surface area is 99.3 Å². The van der Waals surface area contributed by atoms with Crippen LogP contribution in [-0.4, -0.2) is 58.1 Å². The minimum atomic E-state index is -0.121. The lowest BCUT2D eigenvalue weighted by molar-refractivity contribution is -0.0987. The van der Waals surface area contributed by atoms with Crippen molar-refractivity contribution in [2.24, 2.45) is 0 Å². The fourth-order valence-electron chi connectivity index (χ4n) is 2.08. The van der Waals surface area contributed by atoms with E-state index in [0.717, 1.165) is 19.6 Å². The number of likely N-dealkylation sites (tertiary alicyclic amines) is 1. The summed E-state index contributed by atoms with van der Waals surface area (Å²) in [6.07, 6.45) is 5.40. The average molecular weight is 230 g/mol. The summed E-state index contributed by atoms with van der Waals surface area (Å²) in [5.74, 6) is 0. The molecule has 4 nitrogen and oxygen atoms in total. The monoisotopic (exact) mass is 230 g/mol. The van der Waals surface area contributed by atoms with Crippen LogP contribution in [0.4, 0.5) is 0 Å². The van der Waals surface area contributed by atoms with E-state index in [0.29, 0.717) is 0 Å². The zero-order chi connectivity index (χ0) is 11.6. The summed E-state index contributed by atoms with van der Waals surface area (Å²) in [4.78, 5) is 2.55. The first kappa shape index (κ1) is 13.9. The predicted molar refractivity (Wildman–Crippen MR) is 65.6 cm³/mol. The molecule has 1 saturated heterocycles. The fourth-order valence-corrected chi connectivity index (χ4v) is 2.08. The van der Waals surface area contributed by atoms with Crippen LogP contribution in [0.3, 0.4) is 0 Å². The molecule has 4 heteroatoms. The van der Waals surface area contributed by atoms with Crippen LogP contribution in [-0.2, 0) is 9.47 Å². The molecule has 1 aliphatic heterocycles. The van der Waals surface area contributed by atoms with Gasteiger partial charge in [0.1, 0.15) is 0 Å². The van der Waals surface area contributed by atoms with Gasteiger partial charge in [0.15, 0.2) is 6.29 Å². The summed E-state index contributed by atoms with van der Waals surface area (Å²) in [6, 6.07) is 0. The molecule has 0 aromatic carbocycles. The van der Waals surface area contributed by atoms with Gasteiger partial charge in [-0.2, -0.15) is 0 Å². The van der Waals surface area contributed by atoms with Crippen molar-refractivity contribution in [1.29, 1.82) is 0 Å². The van der Waals surface area contributed by atoms with Gasteiger partial charge in [-0.1, -0.05) is 12.8 Å². The lowest BCUT2D eigenvalue weighted by Crippen LogP contribution is -2.36. The molecule has 0 aliphatic carbocycles. The van der Waals surface area contributed by atoms with Crippen molar-refractivity contribution in [2.45, 2.75) is 32.0 Å². The molecule has 0 saturated carbocycles. The Bertz CT molecular complexity index is 155. The van der Waals surface area contributed by atoms with Gasteiger partial charge in [0, 0.05) is 33.9 Å². The van der Waals surface area contributed by atoms with E-state index in [2.05, 4.69) is 10.2 Å². The smallest absolute Gasteiger partial charge is 0.169 e. The molecule has 0 atom stereocenters. The summed E-state index contributed by atoms with van der Waals surface area (Å²) in [5.41, 5.74) is 0. The van der Waals surface area contributed by atoms with Crippen LogP contribution < -0.4 is 5.32 Å². The van der Waals surface area contributed by atoms with Crippen molar-refractivity contribution < 1.29 is 9.47 Å². The first-order valence-corrected chi connectivity index (χ1v) is 6.35. The van der Waals surface area contributed by atoms with E-state index >= 15 is 0 Å². The number of hydrogen-bond donors (Lipinski definition) is 1. The van der Waals surface area contributed by atoms with Crippen molar-refractivity contribution in [3.63, 3.8) is 0 Å². The van der Waals surface area contributed by atoms with Gasteiger partial charge in [0.05, 0.1) is 0 Å². The Morgan fingerprint density at radius 1 is 1.06 bits per heavy atom. The number of nitrogens with one attached hydrogen (secondary N) is 1. The Morgan fingerprint density at radius 2 is 1.69 bits per heavy atom. The molecule has 1 rings (SSSR count). The molecule has 0 bridgehead atoms. The Hall–Kier alpha value is -0.160. The highest BCUT2D eigenvalue weighted by Gasteiger charge is 2.08. The van der Waals surface area contributed by atoms with Gasteiger partial charge >= 0.3 is 0 Å². The number of ether oxygens (including phenoxy) is 2. The second kappa shape index (κ2) is 8.93. The highest BCUT2D eigenvalue weighted by Crippen LogP contribution is 2.08. The van der Waals surface area contributed by atoms with Gasteiger partial charge in [-0.3, -0.25) is 0 Å². The van der Waals surface area contributed by atoms with Crippen LogP contribution in [0.2, 0.25) is 0 Å².